The van der Waals surface area contributed by atoms with Crippen molar-refractivity contribution in [2.45, 2.75) is 11.6 Å². The van der Waals surface area contributed by atoms with Gasteiger partial charge < -0.3 is 4.74 Å². The van der Waals surface area contributed by atoms with E-state index in [2.05, 4.69) is 10.3 Å². The molecule has 0 saturated carbocycles. The number of methoxy groups -OCH3 is 1. The molecule has 0 radical (unpaired) electrons. The first-order chi connectivity index (χ1) is 15.3. The molecule has 168 valence electrons. The molecule has 1 saturated heterocycles. The molecule has 2 heterocycles. The number of nitro benzene ring substituents is 1. The van der Waals surface area contributed by atoms with Crippen LogP contribution in [0.2, 0.25) is 0 Å². The third-order valence-electron chi connectivity index (χ3n) is 5.28. The maximum atomic E-state index is 13.0. The van der Waals surface area contributed by atoms with Crippen molar-refractivity contribution in [1.29, 1.82) is 0 Å². The fraction of sp³-hybridized carbons (Fsp3) is 0.316. The van der Waals surface area contributed by atoms with Crippen LogP contribution in [0.5, 0.6) is 5.75 Å². The van der Waals surface area contributed by atoms with Crippen molar-refractivity contribution in [1.82, 2.24) is 24.2 Å². The van der Waals surface area contributed by atoms with Gasteiger partial charge in [-0.15, -0.1) is 5.10 Å². The molecule has 4 rings (SSSR count). The smallest absolute Gasteiger partial charge is 0.312 e. The van der Waals surface area contributed by atoms with Crippen LogP contribution in [0.4, 0.5) is 5.69 Å². The minimum Gasteiger partial charge on any atom is -0.490 e. The first-order valence-corrected chi connectivity index (χ1v) is 11.1. The van der Waals surface area contributed by atoms with Crippen molar-refractivity contribution >= 4 is 26.6 Å². The molecule has 12 nitrogen and oxygen atoms in total. The molecule has 32 heavy (non-hydrogen) atoms. The highest BCUT2D eigenvalue weighted by molar-refractivity contribution is 7.89. The first-order valence-electron chi connectivity index (χ1n) is 9.69. The van der Waals surface area contributed by atoms with Gasteiger partial charge in [-0.25, -0.2) is 8.42 Å². The molecule has 13 heteroatoms. The lowest BCUT2D eigenvalue weighted by Crippen LogP contribution is -2.49. The summed E-state index contributed by atoms with van der Waals surface area (Å²) in [4.78, 5) is 24.9. The lowest BCUT2D eigenvalue weighted by atomic mass is 10.2. The molecule has 0 bridgehead atoms. The quantitative estimate of drug-likeness (QED) is 0.383. The normalized spacial score (nSPS) is 15.7. The number of nitro groups is 1. The number of aromatic nitrogens is 3. The van der Waals surface area contributed by atoms with Crippen molar-refractivity contribution in [3.63, 3.8) is 0 Å². The highest BCUT2D eigenvalue weighted by Gasteiger charge is 2.31. The van der Waals surface area contributed by atoms with Crippen LogP contribution in [0, 0.1) is 10.1 Å². The van der Waals surface area contributed by atoms with Gasteiger partial charge in [-0.05, 0) is 24.3 Å². The van der Waals surface area contributed by atoms with Crippen LogP contribution < -0.4 is 10.3 Å². The average Bonchev–Trinajstić information content (AvgIpc) is 2.81. The van der Waals surface area contributed by atoms with E-state index in [-0.39, 0.29) is 36.0 Å². The van der Waals surface area contributed by atoms with Crippen LogP contribution in [0.25, 0.3) is 10.9 Å². The molecule has 1 fully saturated rings. The molecule has 0 aliphatic carbocycles. The number of benzene rings is 2. The van der Waals surface area contributed by atoms with Crippen LogP contribution in [-0.4, -0.2) is 70.8 Å². The second-order valence-electron chi connectivity index (χ2n) is 7.17. The van der Waals surface area contributed by atoms with Gasteiger partial charge in [0.25, 0.3) is 5.56 Å². The maximum Gasteiger partial charge on any atom is 0.312 e. The average molecular weight is 460 g/mol. The standard InChI is InChI=1S/C19H20N6O6S/c1-31-18-7-6-14(12-17(18)25(27)28)32(29,30)23-10-8-22(9-11-23)13-24-19(26)15-4-2-3-5-16(15)20-21-24/h2-7,12H,8-11,13H2,1H3. The third kappa shape index (κ3) is 4.04. The maximum absolute atomic E-state index is 13.0. The van der Waals surface area contributed by atoms with Crippen LogP contribution >= 0.6 is 0 Å². The van der Waals surface area contributed by atoms with Gasteiger partial charge in [-0.1, -0.05) is 17.3 Å². The van der Waals surface area contributed by atoms with E-state index >= 15 is 0 Å². The molecule has 0 N–H and O–H groups in total. The number of hydrogen-bond donors (Lipinski definition) is 0. The Morgan fingerprint density at radius 1 is 1.12 bits per heavy atom. The van der Waals surface area contributed by atoms with Gasteiger partial charge in [0.1, 0.15) is 5.52 Å². The summed E-state index contributed by atoms with van der Waals surface area (Å²) in [5.74, 6) is -0.0132. The number of rotatable bonds is 6. The van der Waals surface area contributed by atoms with Crippen molar-refractivity contribution < 1.29 is 18.1 Å². The Labute approximate surface area is 182 Å². The molecule has 1 aliphatic heterocycles. The highest BCUT2D eigenvalue weighted by atomic mass is 32.2. The molecule has 0 unspecified atom stereocenters. The molecular weight excluding hydrogens is 440 g/mol. The van der Waals surface area contributed by atoms with E-state index < -0.39 is 20.6 Å². The number of hydrogen-bond acceptors (Lipinski definition) is 9. The monoisotopic (exact) mass is 460 g/mol. The Morgan fingerprint density at radius 3 is 2.53 bits per heavy atom. The summed E-state index contributed by atoms with van der Waals surface area (Å²) in [5, 5.41) is 19.7. The number of nitrogens with zero attached hydrogens (tertiary/aromatic N) is 6. The van der Waals surface area contributed by atoms with Crippen LogP contribution in [0.1, 0.15) is 0 Å². The van der Waals surface area contributed by atoms with Gasteiger partial charge in [0.2, 0.25) is 10.0 Å². The second kappa shape index (κ2) is 8.61. The van der Waals surface area contributed by atoms with Crippen LogP contribution in [0.3, 0.4) is 0 Å². The fourth-order valence-corrected chi connectivity index (χ4v) is 4.98. The third-order valence-corrected chi connectivity index (χ3v) is 7.17. The molecule has 1 aliphatic rings. The highest BCUT2D eigenvalue weighted by Crippen LogP contribution is 2.30. The predicted molar refractivity (Wildman–Crippen MR) is 114 cm³/mol. The Balaban J connectivity index is 1.48. The van der Waals surface area contributed by atoms with Gasteiger partial charge in [-0.2, -0.15) is 8.99 Å². The van der Waals surface area contributed by atoms with E-state index in [4.69, 9.17) is 4.74 Å². The molecule has 0 atom stereocenters. The van der Waals surface area contributed by atoms with Gasteiger partial charge in [-0.3, -0.25) is 19.8 Å². The SMILES string of the molecule is COc1ccc(S(=O)(=O)N2CCN(Cn3nnc4ccccc4c3=O)CC2)cc1[N+](=O)[O-]. The van der Waals surface area contributed by atoms with Gasteiger partial charge in [0.05, 0.1) is 29.0 Å². The summed E-state index contributed by atoms with van der Waals surface area (Å²) in [6, 6.07) is 10.5. The number of fused-ring (bicyclic) bond motifs is 1. The van der Waals surface area contributed by atoms with E-state index in [9.17, 15) is 23.3 Å². The number of sulfonamides is 1. The molecule has 2 aromatic carbocycles. The van der Waals surface area contributed by atoms with Crippen molar-refractivity contribution in [2.24, 2.45) is 0 Å². The Hall–Kier alpha value is -3.42. The van der Waals surface area contributed by atoms with E-state index in [0.717, 1.165) is 6.07 Å². The summed E-state index contributed by atoms with van der Waals surface area (Å²) in [7, 11) is -2.65. The summed E-state index contributed by atoms with van der Waals surface area (Å²) in [5.41, 5.74) is -0.170. The molecular formula is C19H20N6O6S. The topological polar surface area (TPSA) is 141 Å². The van der Waals surface area contributed by atoms with Crippen molar-refractivity contribution in [3.8, 4) is 5.75 Å². The van der Waals surface area contributed by atoms with Gasteiger partial charge >= 0.3 is 5.69 Å². The number of piperazine rings is 1. The minimum atomic E-state index is -3.93. The zero-order valence-corrected chi connectivity index (χ0v) is 17.9. The van der Waals surface area contributed by atoms with Crippen molar-refractivity contribution in [2.75, 3.05) is 33.3 Å². The Kier molecular flexibility index (Phi) is 5.86. The molecule has 1 aromatic heterocycles. The second-order valence-corrected chi connectivity index (χ2v) is 9.10. The predicted octanol–water partition coefficient (Wildman–Crippen LogP) is 0.672. The molecule has 3 aromatic rings. The fourth-order valence-electron chi connectivity index (χ4n) is 3.54. The van der Waals surface area contributed by atoms with Gasteiger partial charge in [0.15, 0.2) is 5.75 Å². The zero-order valence-electron chi connectivity index (χ0n) is 17.1. The van der Waals surface area contributed by atoms with E-state index in [1.54, 1.807) is 24.3 Å². The largest absolute Gasteiger partial charge is 0.490 e. The lowest BCUT2D eigenvalue weighted by Gasteiger charge is -2.33. The lowest BCUT2D eigenvalue weighted by molar-refractivity contribution is -0.386. The Morgan fingerprint density at radius 2 is 1.84 bits per heavy atom. The van der Waals surface area contributed by atoms with Crippen LogP contribution in [-0.2, 0) is 16.7 Å². The molecule has 0 spiro atoms. The van der Waals surface area contributed by atoms with E-state index in [1.165, 1.54) is 28.2 Å². The summed E-state index contributed by atoms with van der Waals surface area (Å²) in [6.45, 7) is 1.23. The minimum absolute atomic E-state index is 0.0132. The van der Waals surface area contributed by atoms with Crippen LogP contribution in [0.15, 0.2) is 52.2 Å². The van der Waals surface area contributed by atoms with Gasteiger partial charge in [0, 0.05) is 32.2 Å². The molecule has 0 amide bonds. The van der Waals surface area contributed by atoms with Crippen molar-refractivity contribution in [3.05, 3.63) is 62.9 Å². The Bertz CT molecular complexity index is 1330. The summed E-state index contributed by atoms with van der Waals surface area (Å²) < 4.78 is 33.4. The summed E-state index contributed by atoms with van der Waals surface area (Å²) >= 11 is 0. The van der Waals surface area contributed by atoms with E-state index in [0.29, 0.717) is 24.0 Å². The zero-order chi connectivity index (χ0) is 22.9. The van der Waals surface area contributed by atoms with E-state index in [1.807, 2.05) is 4.90 Å². The number of ether oxygens (including phenoxy) is 1. The summed E-state index contributed by atoms with van der Waals surface area (Å²) in [6.07, 6.45) is 0. The first kappa shape index (κ1) is 21.8.